The van der Waals surface area contributed by atoms with Gasteiger partial charge >= 0.3 is 0 Å². The molecular weight excluding hydrogens is 334 g/mol. The van der Waals surface area contributed by atoms with Gasteiger partial charge in [-0.15, -0.1) is 4.52 Å². The van der Waals surface area contributed by atoms with E-state index in [1.165, 1.54) is 0 Å². The molecule has 0 N–H and O–H groups in total. The van der Waals surface area contributed by atoms with E-state index in [1.807, 2.05) is 0 Å². The molecule has 0 radical (unpaired) electrons. The Morgan fingerprint density at radius 2 is 0.750 bits per heavy atom. The van der Waals surface area contributed by atoms with Crippen molar-refractivity contribution in [2.45, 2.75) is 77.8 Å². The van der Waals surface area contributed by atoms with Crippen molar-refractivity contribution in [3.05, 3.63) is 0 Å². The summed E-state index contributed by atoms with van der Waals surface area (Å²) >= 11 is 0. The van der Waals surface area contributed by atoms with E-state index in [1.54, 1.807) is 0 Å². The Morgan fingerprint density at radius 1 is 0.542 bits per heavy atom. The maximum absolute atomic E-state index is 5.95. The third-order valence-corrected chi connectivity index (χ3v) is 15.9. The van der Waals surface area contributed by atoms with Gasteiger partial charge in [-0.2, -0.15) is 0 Å². The highest BCUT2D eigenvalue weighted by atomic mass is 31.2. The maximum atomic E-state index is 5.95. The van der Waals surface area contributed by atoms with E-state index in [-0.39, 0.29) is 15.5 Å². The molecule has 0 amide bonds. The molecular formula is C18H45N4P2+. The Bertz CT molecular complexity index is 410. The first-order valence-corrected chi connectivity index (χ1v) is 12.2. The highest BCUT2D eigenvalue weighted by Crippen LogP contribution is 2.88. The minimum Gasteiger partial charge on any atom is -0.249 e. The highest BCUT2D eigenvalue weighted by Gasteiger charge is 2.67. The molecule has 0 aromatic rings. The van der Waals surface area contributed by atoms with E-state index < -0.39 is 14.9 Å². The van der Waals surface area contributed by atoms with Crippen LogP contribution in [0.15, 0.2) is 4.52 Å². The summed E-state index contributed by atoms with van der Waals surface area (Å²) in [7, 11) is 9.35. The van der Waals surface area contributed by atoms with Crippen molar-refractivity contribution in [1.29, 1.82) is 0 Å². The van der Waals surface area contributed by atoms with Gasteiger partial charge in [-0.1, -0.05) is 0 Å². The Balaban J connectivity index is 7.37. The lowest BCUT2D eigenvalue weighted by molar-refractivity contribution is 0.473. The fourth-order valence-electron chi connectivity index (χ4n) is 4.91. The van der Waals surface area contributed by atoms with E-state index in [0.717, 1.165) is 0 Å². The molecule has 4 nitrogen and oxygen atoms in total. The third-order valence-electron chi connectivity index (χ3n) is 4.78. The van der Waals surface area contributed by atoms with Crippen molar-refractivity contribution < 1.29 is 0 Å². The molecule has 0 aromatic heterocycles. The number of rotatable bonds is 4. The van der Waals surface area contributed by atoms with Gasteiger partial charge in [-0.05, 0) is 105 Å². The number of nitrogens with zero attached hydrogens (tertiary/aromatic N) is 4. The summed E-state index contributed by atoms with van der Waals surface area (Å²) in [5.41, 5.74) is 0. The van der Waals surface area contributed by atoms with Gasteiger partial charge in [-0.3, -0.25) is 0 Å². The lowest BCUT2D eigenvalue weighted by Gasteiger charge is -2.53. The van der Waals surface area contributed by atoms with E-state index in [0.29, 0.717) is 0 Å². The quantitative estimate of drug-likeness (QED) is 0.564. The molecule has 0 saturated heterocycles. The van der Waals surface area contributed by atoms with Crippen LogP contribution in [0.4, 0.5) is 0 Å². The monoisotopic (exact) mass is 379 g/mol. The van der Waals surface area contributed by atoms with Crippen molar-refractivity contribution >= 4 is 14.9 Å². The number of hydrogen-bond donors (Lipinski definition) is 0. The molecule has 0 fully saturated rings. The summed E-state index contributed by atoms with van der Waals surface area (Å²) in [6.45, 7) is 21.6. The van der Waals surface area contributed by atoms with Crippen LogP contribution in [0, 0.1) is 0 Å². The fraction of sp³-hybridized carbons (Fsp3) is 1.00. The average molecular weight is 380 g/mol. The van der Waals surface area contributed by atoms with E-state index in [2.05, 4.69) is 119 Å². The van der Waals surface area contributed by atoms with E-state index >= 15 is 0 Å². The molecule has 0 heterocycles. The Kier molecular flexibility index (Phi) is 7.44. The summed E-state index contributed by atoms with van der Waals surface area (Å²) in [6, 6.07) is 0. The van der Waals surface area contributed by atoms with Gasteiger partial charge in [0.15, 0.2) is 7.41 Å². The second kappa shape index (κ2) is 7.28. The molecule has 146 valence electrons. The summed E-state index contributed by atoms with van der Waals surface area (Å²) < 4.78 is 13.0. The molecule has 24 heavy (non-hydrogen) atoms. The summed E-state index contributed by atoms with van der Waals surface area (Å²) in [4.78, 5) is 0. The zero-order valence-electron chi connectivity index (χ0n) is 19.2. The molecule has 6 heteroatoms. The molecule has 0 aliphatic heterocycles. The minimum absolute atomic E-state index is 0.136. The second-order valence-corrected chi connectivity index (χ2v) is 19.8. The van der Waals surface area contributed by atoms with Crippen molar-refractivity contribution in [2.75, 3.05) is 42.3 Å². The van der Waals surface area contributed by atoms with Crippen molar-refractivity contribution in [3.8, 4) is 0 Å². The van der Waals surface area contributed by atoms with Crippen LogP contribution in [0.25, 0.3) is 0 Å². The number of hydrogen-bond acceptors (Lipinski definition) is 1. The van der Waals surface area contributed by atoms with Crippen molar-refractivity contribution in [1.82, 2.24) is 14.0 Å². The van der Waals surface area contributed by atoms with Crippen molar-refractivity contribution in [3.63, 3.8) is 0 Å². The highest BCUT2D eigenvalue weighted by molar-refractivity contribution is 7.83. The first kappa shape index (κ1) is 24.5. The zero-order valence-corrected chi connectivity index (χ0v) is 21.0. The van der Waals surface area contributed by atoms with Crippen LogP contribution in [0.2, 0.25) is 0 Å². The molecule has 0 saturated carbocycles. The van der Waals surface area contributed by atoms with Gasteiger partial charge < -0.3 is 0 Å². The van der Waals surface area contributed by atoms with Gasteiger partial charge in [0, 0.05) is 0 Å². The first-order valence-electron chi connectivity index (χ1n) is 8.85. The lowest BCUT2D eigenvalue weighted by Crippen LogP contribution is -2.44. The molecule has 0 aliphatic rings. The van der Waals surface area contributed by atoms with Gasteiger partial charge in [0.2, 0.25) is 7.51 Å². The maximum Gasteiger partial charge on any atom is 0.207 e. The summed E-state index contributed by atoms with van der Waals surface area (Å²) in [5.74, 6) is 0. The Labute approximate surface area is 154 Å². The van der Waals surface area contributed by atoms with Gasteiger partial charge in [0.1, 0.15) is 0 Å². The minimum atomic E-state index is -1.95. The molecule has 0 rings (SSSR count). The van der Waals surface area contributed by atoms with Gasteiger partial charge in [0.25, 0.3) is 0 Å². The Hall–Kier alpha value is 0.540. The topological polar surface area (TPSA) is 22.1 Å². The standard InChI is InChI=1S/C18H45N4P2/c1-16(2,3)23(17(4,5)6,18(7,8)9)19-24(20(10)11,21(12)13)22(14)15/h1-15H3/q+1. The van der Waals surface area contributed by atoms with Crippen LogP contribution in [0.3, 0.4) is 0 Å². The van der Waals surface area contributed by atoms with Crippen LogP contribution >= 0.6 is 14.9 Å². The average Bonchev–Trinajstić information content (AvgIpc) is 2.22. The first-order chi connectivity index (χ1) is 10.3. The molecule has 0 atom stereocenters. The third kappa shape index (κ3) is 3.94. The fourth-order valence-corrected chi connectivity index (χ4v) is 19.7. The summed E-state index contributed by atoms with van der Waals surface area (Å²) in [5, 5.41) is 0.407. The summed E-state index contributed by atoms with van der Waals surface area (Å²) in [6.07, 6.45) is 0. The van der Waals surface area contributed by atoms with E-state index in [9.17, 15) is 0 Å². The van der Waals surface area contributed by atoms with Crippen LogP contribution in [0.5, 0.6) is 0 Å². The predicted octanol–water partition coefficient (Wildman–Crippen LogP) is 5.95. The van der Waals surface area contributed by atoms with Gasteiger partial charge in [0.05, 0.1) is 15.5 Å². The Morgan fingerprint density at radius 3 is 0.875 bits per heavy atom. The molecule has 0 bridgehead atoms. The molecule has 0 aromatic carbocycles. The molecule has 0 spiro atoms. The van der Waals surface area contributed by atoms with Gasteiger partial charge in [-0.25, -0.2) is 14.0 Å². The zero-order chi connectivity index (χ0) is 19.9. The predicted molar refractivity (Wildman–Crippen MR) is 117 cm³/mol. The largest absolute Gasteiger partial charge is 0.249 e. The van der Waals surface area contributed by atoms with E-state index in [4.69, 9.17) is 4.52 Å². The molecule has 0 unspecified atom stereocenters. The van der Waals surface area contributed by atoms with Crippen LogP contribution < -0.4 is 0 Å². The second-order valence-electron chi connectivity index (χ2n) is 10.3. The van der Waals surface area contributed by atoms with Crippen LogP contribution in [-0.2, 0) is 0 Å². The lowest BCUT2D eigenvalue weighted by atomic mass is 10.2. The van der Waals surface area contributed by atoms with Crippen LogP contribution in [-0.4, -0.2) is 71.8 Å². The van der Waals surface area contributed by atoms with Crippen molar-refractivity contribution in [2.24, 2.45) is 4.52 Å². The SMILES string of the molecule is CN(C)P(=N[P+](C(C)(C)C)(C(C)(C)C)C(C)(C)C)(N(C)C)N(C)C. The smallest absolute Gasteiger partial charge is 0.207 e. The normalized spacial score (nSPS) is 15.6. The van der Waals surface area contributed by atoms with Crippen LogP contribution in [0.1, 0.15) is 62.3 Å². The molecule has 0 aliphatic carbocycles.